The van der Waals surface area contributed by atoms with Crippen LogP contribution in [0.5, 0.6) is 5.75 Å². The van der Waals surface area contributed by atoms with Crippen LogP contribution in [0.3, 0.4) is 0 Å². The molecule has 0 saturated carbocycles. The van der Waals surface area contributed by atoms with E-state index in [2.05, 4.69) is 4.72 Å². The van der Waals surface area contributed by atoms with E-state index in [0.717, 1.165) is 16.7 Å². The standard InChI is InChI=1S/C31H32N2O4S/c1-2-37-28-18-20-29(21-19-28)38(35,36)32-30(22-25-12-6-3-7-13-25)31(34)33(23-26-14-8-4-9-15-26)24-27-16-10-5-11-17-27/h3-21,30,32H,2,22-24H2,1H3. The number of carbonyl (C=O) groups is 1. The zero-order valence-electron chi connectivity index (χ0n) is 21.4. The van der Waals surface area contributed by atoms with Gasteiger partial charge in [-0.1, -0.05) is 91.0 Å². The van der Waals surface area contributed by atoms with Gasteiger partial charge in [0.05, 0.1) is 11.5 Å². The van der Waals surface area contributed by atoms with Crippen LogP contribution in [0.15, 0.2) is 120 Å². The van der Waals surface area contributed by atoms with Gasteiger partial charge in [-0.05, 0) is 54.3 Å². The summed E-state index contributed by atoms with van der Waals surface area (Å²) in [6, 6.07) is 34.0. The molecule has 1 amide bonds. The molecule has 7 heteroatoms. The van der Waals surface area contributed by atoms with Gasteiger partial charge >= 0.3 is 0 Å². The van der Waals surface area contributed by atoms with Crippen LogP contribution in [-0.2, 0) is 34.3 Å². The van der Waals surface area contributed by atoms with Gasteiger partial charge in [0.2, 0.25) is 15.9 Å². The van der Waals surface area contributed by atoms with Crippen molar-refractivity contribution in [3.05, 3.63) is 132 Å². The van der Waals surface area contributed by atoms with Crippen LogP contribution in [0.2, 0.25) is 0 Å². The molecule has 0 aliphatic rings. The van der Waals surface area contributed by atoms with E-state index >= 15 is 0 Å². The molecule has 0 spiro atoms. The number of hydrogen-bond donors (Lipinski definition) is 1. The molecule has 0 aromatic heterocycles. The number of hydrogen-bond acceptors (Lipinski definition) is 4. The molecule has 0 radical (unpaired) electrons. The minimum Gasteiger partial charge on any atom is -0.494 e. The van der Waals surface area contributed by atoms with Crippen molar-refractivity contribution in [3.63, 3.8) is 0 Å². The summed E-state index contributed by atoms with van der Waals surface area (Å²) < 4.78 is 35.0. The quantitative estimate of drug-likeness (QED) is 0.274. The fraction of sp³-hybridized carbons (Fsp3) is 0.194. The highest BCUT2D eigenvalue weighted by atomic mass is 32.2. The van der Waals surface area contributed by atoms with Crippen LogP contribution in [0.4, 0.5) is 0 Å². The average molecular weight is 529 g/mol. The molecule has 0 bridgehead atoms. The van der Waals surface area contributed by atoms with Crippen molar-refractivity contribution in [1.29, 1.82) is 0 Å². The van der Waals surface area contributed by atoms with E-state index in [4.69, 9.17) is 4.74 Å². The van der Waals surface area contributed by atoms with Crippen LogP contribution in [-0.4, -0.2) is 31.9 Å². The van der Waals surface area contributed by atoms with Crippen molar-refractivity contribution in [2.45, 2.75) is 37.4 Å². The lowest BCUT2D eigenvalue weighted by molar-refractivity contribution is -0.134. The normalized spacial score (nSPS) is 12.0. The summed E-state index contributed by atoms with van der Waals surface area (Å²) in [4.78, 5) is 15.9. The molecule has 196 valence electrons. The number of nitrogens with zero attached hydrogens (tertiary/aromatic N) is 1. The molecule has 4 aromatic carbocycles. The molecule has 1 N–H and O–H groups in total. The molecule has 4 rings (SSSR count). The van der Waals surface area contributed by atoms with E-state index in [1.807, 2.05) is 97.9 Å². The Morgan fingerprint density at radius 2 is 1.21 bits per heavy atom. The van der Waals surface area contributed by atoms with Crippen LogP contribution >= 0.6 is 0 Å². The second-order valence-electron chi connectivity index (χ2n) is 8.93. The molecule has 6 nitrogen and oxygen atoms in total. The third-order valence-corrected chi connectivity index (χ3v) is 7.55. The minimum absolute atomic E-state index is 0.0736. The van der Waals surface area contributed by atoms with Crippen LogP contribution < -0.4 is 9.46 Å². The van der Waals surface area contributed by atoms with E-state index in [9.17, 15) is 13.2 Å². The van der Waals surface area contributed by atoms with Crippen molar-refractivity contribution in [3.8, 4) is 5.75 Å². The second kappa shape index (κ2) is 13.0. The number of ether oxygens (including phenoxy) is 1. The molecule has 0 aliphatic carbocycles. The molecule has 0 heterocycles. The van der Waals surface area contributed by atoms with Gasteiger partial charge in [0.25, 0.3) is 0 Å². The number of sulfonamides is 1. The predicted molar refractivity (Wildman–Crippen MR) is 149 cm³/mol. The predicted octanol–water partition coefficient (Wildman–Crippen LogP) is 5.20. The monoisotopic (exact) mass is 528 g/mol. The third-order valence-electron chi connectivity index (χ3n) is 6.07. The highest BCUT2D eigenvalue weighted by Crippen LogP contribution is 2.19. The Balaban J connectivity index is 1.65. The number of nitrogens with one attached hydrogen (secondary N) is 1. The van der Waals surface area contributed by atoms with Crippen molar-refractivity contribution >= 4 is 15.9 Å². The van der Waals surface area contributed by atoms with Gasteiger partial charge < -0.3 is 9.64 Å². The Labute approximate surface area is 225 Å². The topological polar surface area (TPSA) is 75.7 Å². The highest BCUT2D eigenvalue weighted by Gasteiger charge is 2.30. The first-order chi connectivity index (χ1) is 18.4. The maximum Gasteiger partial charge on any atom is 0.241 e. The molecule has 1 unspecified atom stereocenters. The summed E-state index contributed by atoms with van der Waals surface area (Å²) >= 11 is 0. The lowest BCUT2D eigenvalue weighted by Crippen LogP contribution is -2.49. The fourth-order valence-corrected chi connectivity index (χ4v) is 5.40. The first-order valence-corrected chi connectivity index (χ1v) is 14.1. The van der Waals surface area contributed by atoms with Gasteiger partial charge in [0, 0.05) is 13.1 Å². The van der Waals surface area contributed by atoms with Gasteiger partial charge in [-0.15, -0.1) is 0 Å². The Morgan fingerprint density at radius 3 is 1.68 bits per heavy atom. The summed E-state index contributed by atoms with van der Waals surface area (Å²) in [5.74, 6) is 0.288. The third kappa shape index (κ3) is 7.54. The molecule has 0 aliphatic heterocycles. The molecule has 1 atom stereocenters. The molecule has 0 saturated heterocycles. The van der Waals surface area contributed by atoms with E-state index in [-0.39, 0.29) is 17.2 Å². The van der Waals surface area contributed by atoms with E-state index in [0.29, 0.717) is 25.4 Å². The van der Waals surface area contributed by atoms with E-state index in [1.54, 1.807) is 17.0 Å². The fourth-order valence-electron chi connectivity index (χ4n) is 4.21. The zero-order chi connectivity index (χ0) is 26.8. The Kier molecular flexibility index (Phi) is 9.30. The average Bonchev–Trinajstić information content (AvgIpc) is 2.94. The largest absolute Gasteiger partial charge is 0.494 e. The Bertz CT molecular complexity index is 1350. The van der Waals surface area contributed by atoms with Gasteiger partial charge in [0.15, 0.2) is 0 Å². The summed E-state index contributed by atoms with van der Waals surface area (Å²) in [5, 5.41) is 0. The van der Waals surface area contributed by atoms with Gasteiger partial charge in [-0.25, -0.2) is 8.42 Å². The molecule has 0 fully saturated rings. The van der Waals surface area contributed by atoms with Crippen molar-refractivity contribution < 1.29 is 17.9 Å². The van der Waals surface area contributed by atoms with Crippen LogP contribution in [0.1, 0.15) is 23.6 Å². The van der Waals surface area contributed by atoms with Gasteiger partial charge in [-0.2, -0.15) is 4.72 Å². The molecule has 38 heavy (non-hydrogen) atoms. The summed E-state index contributed by atoms with van der Waals surface area (Å²) in [7, 11) is -3.99. The first kappa shape index (κ1) is 27.1. The Hall–Kier alpha value is -3.94. The van der Waals surface area contributed by atoms with E-state index in [1.165, 1.54) is 12.1 Å². The molecular weight excluding hydrogens is 496 g/mol. The van der Waals surface area contributed by atoms with E-state index < -0.39 is 16.1 Å². The number of rotatable bonds is 12. The van der Waals surface area contributed by atoms with Crippen LogP contribution in [0, 0.1) is 0 Å². The SMILES string of the molecule is CCOc1ccc(S(=O)(=O)NC(Cc2ccccc2)C(=O)N(Cc2ccccc2)Cc2ccccc2)cc1. The number of carbonyl (C=O) groups excluding carboxylic acids is 1. The lowest BCUT2D eigenvalue weighted by atomic mass is 10.0. The number of benzene rings is 4. The summed E-state index contributed by atoms with van der Waals surface area (Å²) in [6.07, 6.45) is 0.218. The maximum absolute atomic E-state index is 14.1. The smallest absolute Gasteiger partial charge is 0.241 e. The first-order valence-electron chi connectivity index (χ1n) is 12.6. The molecular formula is C31H32N2O4S. The lowest BCUT2D eigenvalue weighted by Gasteiger charge is -2.28. The van der Waals surface area contributed by atoms with Crippen molar-refractivity contribution in [1.82, 2.24) is 9.62 Å². The van der Waals surface area contributed by atoms with Crippen molar-refractivity contribution in [2.75, 3.05) is 6.61 Å². The summed E-state index contributed by atoms with van der Waals surface area (Å²) in [6.45, 7) is 3.05. The number of amides is 1. The molecule has 4 aromatic rings. The summed E-state index contributed by atoms with van der Waals surface area (Å²) in [5.41, 5.74) is 2.79. The Morgan fingerprint density at radius 1 is 0.737 bits per heavy atom. The minimum atomic E-state index is -3.99. The second-order valence-corrected chi connectivity index (χ2v) is 10.6. The van der Waals surface area contributed by atoms with Gasteiger partial charge in [0.1, 0.15) is 11.8 Å². The van der Waals surface area contributed by atoms with Crippen molar-refractivity contribution in [2.24, 2.45) is 0 Å². The van der Waals surface area contributed by atoms with Gasteiger partial charge in [-0.3, -0.25) is 4.79 Å². The van der Waals surface area contributed by atoms with Crippen LogP contribution in [0.25, 0.3) is 0 Å². The zero-order valence-corrected chi connectivity index (χ0v) is 22.2. The highest BCUT2D eigenvalue weighted by molar-refractivity contribution is 7.89. The maximum atomic E-state index is 14.1.